The fourth-order valence-corrected chi connectivity index (χ4v) is 4.48. The van der Waals surface area contributed by atoms with Crippen molar-refractivity contribution in [2.24, 2.45) is 4.99 Å². The Balaban J connectivity index is 1.52. The molecule has 0 unspecified atom stereocenters. The van der Waals surface area contributed by atoms with Crippen LogP contribution in [0.25, 0.3) is 0 Å². The summed E-state index contributed by atoms with van der Waals surface area (Å²) >= 11 is 1.32. The first-order valence-electron chi connectivity index (χ1n) is 10.3. The van der Waals surface area contributed by atoms with Gasteiger partial charge in [0.2, 0.25) is 11.8 Å². The molecule has 162 valence electrons. The predicted molar refractivity (Wildman–Crippen MR) is 133 cm³/mol. The van der Waals surface area contributed by atoms with E-state index in [4.69, 9.17) is 0 Å². The van der Waals surface area contributed by atoms with Crippen molar-refractivity contribution in [3.05, 3.63) is 84.9 Å². The molecule has 2 amide bonds. The number of anilines is 3. The highest BCUT2D eigenvalue weighted by atomic mass is 32.2. The molecule has 6 nitrogen and oxygen atoms in total. The number of nitrogens with one attached hydrogen (secondary N) is 1. The predicted octanol–water partition coefficient (Wildman–Crippen LogP) is 4.92. The Hall–Kier alpha value is -3.58. The average molecular weight is 445 g/mol. The number of nitrogens with zero attached hydrogens (tertiary/aromatic N) is 3. The third-order valence-corrected chi connectivity index (χ3v) is 6.11. The fraction of sp³-hybridized carbons (Fsp3) is 0.160. The zero-order valence-corrected chi connectivity index (χ0v) is 18.8. The van der Waals surface area contributed by atoms with Gasteiger partial charge in [-0.15, -0.1) is 0 Å². The van der Waals surface area contributed by atoms with Crippen LogP contribution in [-0.4, -0.2) is 36.3 Å². The van der Waals surface area contributed by atoms with Gasteiger partial charge < -0.3 is 10.2 Å². The maximum Gasteiger partial charge on any atom is 0.247 e. The van der Waals surface area contributed by atoms with Crippen molar-refractivity contribution in [1.29, 1.82) is 0 Å². The van der Waals surface area contributed by atoms with Crippen molar-refractivity contribution in [2.45, 2.75) is 11.7 Å². The molecule has 0 bridgehead atoms. The maximum absolute atomic E-state index is 13.3. The van der Waals surface area contributed by atoms with Gasteiger partial charge in [-0.25, -0.2) is 4.99 Å². The van der Waals surface area contributed by atoms with Crippen LogP contribution in [0.1, 0.15) is 6.42 Å². The topological polar surface area (TPSA) is 65.0 Å². The lowest BCUT2D eigenvalue weighted by Crippen LogP contribution is -2.33. The SMILES string of the molecule is CN(C)c1ccc(NC(=O)C[C@@H]2SC(=Nc3ccccc3)N(c3ccccc3)C2=O)cc1. The van der Waals surface area contributed by atoms with E-state index in [2.05, 4.69) is 10.3 Å². The van der Waals surface area contributed by atoms with Crippen LogP contribution >= 0.6 is 11.8 Å². The third-order valence-electron chi connectivity index (χ3n) is 4.97. The normalized spacial score (nSPS) is 16.9. The Morgan fingerprint density at radius 3 is 2.22 bits per heavy atom. The van der Waals surface area contributed by atoms with Crippen LogP contribution in [-0.2, 0) is 9.59 Å². The zero-order valence-electron chi connectivity index (χ0n) is 17.9. The van der Waals surface area contributed by atoms with Crippen molar-refractivity contribution in [3.8, 4) is 0 Å². The molecule has 1 saturated heterocycles. The van der Waals surface area contributed by atoms with Crippen molar-refractivity contribution in [3.63, 3.8) is 0 Å². The second kappa shape index (κ2) is 9.70. The van der Waals surface area contributed by atoms with Crippen molar-refractivity contribution >= 4 is 51.5 Å². The van der Waals surface area contributed by atoms with E-state index in [9.17, 15) is 9.59 Å². The number of hydrogen-bond donors (Lipinski definition) is 1. The highest BCUT2D eigenvalue weighted by Crippen LogP contribution is 2.35. The highest BCUT2D eigenvalue weighted by molar-refractivity contribution is 8.16. The molecular formula is C25H24N4O2S. The van der Waals surface area contributed by atoms with Crippen LogP contribution in [0.4, 0.5) is 22.7 Å². The number of thioether (sulfide) groups is 1. The van der Waals surface area contributed by atoms with Gasteiger partial charge in [0.05, 0.1) is 11.4 Å². The Morgan fingerprint density at radius 2 is 1.59 bits per heavy atom. The van der Waals surface area contributed by atoms with E-state index in [1.807, 2.05) is 104 Å². The lowest BCUT2D eigenvalue weighted by molar-refractivity contribution is -0.121. The molecule has 1 aliphatic rings. The average Bonchev–Trinajstić information content (AvgIpc) is 3.09. The molecule has 0 aromatic heterocycles. The van der Waals surface area contributed by atoms with E-state index in [-0.39, 0.29) is 18.2 Å². The monoisotopic (exact) mass is 444 g/mol. The number of amides is 2. The van der Waals surface area contributed by atoms with Crippen LogP contribution in [0.5, 0.6) is 0 Å². The first-order chi connectivity index (χ1) is 15.5. The van der Waals surface area contributed by atoms with Crippen LogP contribution in [0.3, 0.4) is 0 Å². The molecule has 3 aromatic rings. The molecule has 1 atom stereocenters. The number of aliphatic imine (C=N–C) groups is 1. The summed E-state index contributed by atoms with van der Waals surface area (Å²) in [6.07, 6.45) is 0.0656. The molecule has 0 spiro atoms. The van der Waals surface area contributed by atoms with E-state index < -0.39 is 5.25 Å². The molecule has 4 rings (SSSR count). The van der Waals surface area contributed by atoms with Gasteiger partial charge >= 0.3 is 0 Å². The van der Waals surface area contributed by atoms with Crippen molar-refractivity contribution in [1.82, 2.24) is 0 Å². The number of carbonyl (C=O) groups excluding carboxylic acids is 2. The second-order valence-electron chi connectivity index (χ2n) is 7.54. The minimum absolute atomic E-state index is 0.0656. The summed E-state index contributed by atoms with van der Waals surface area (Å²) in [4.78, 5) is 34.2. The summed E-state index contributed by atoms with van der Waals surface area (Å²) in [7, 11) is 3.92. The maximum atomic E-state index is 13.3. The summed E-state index contributed by atoms with van der Waals surface area (Å²) in [5, 5.41) is 2.92. The van der Waals surface area contributed by atoms with Crippen LogP contribution in [0.15, 0.2) is 89.9 Å². The quantitative estimate of drug-likeness (QED) is 0.586. The van der Waals surface area contributed by atoms with Crippen LogP contribution < -0.4 is 15.1 Å². The van der Waals surface area contributed by atoms with Gasteiger partial charge in [0, 0.05) is 31.9 Å². The smallest absolute Gasteiger partial charge is 0.247 e. The molecule has 1 N–H and O–H groups in total. The number of rotatable bonds is 6. The highest BCUT2D eigenvalue weighted by Gasteiger charge is 2.40. The lowest BCUT2D eigenvalue weighted by Gasteiger charge is -2.16. The van der Waals surface area contributed by atoms with E-state index >= 15 is 0 Å². The first-order valence-corrected chi connectivity index (χ1v) is 11.2. The third kappa shape index (κ3) is 5.00. The molecule has 7 heteroatoms. The standard InChI is InChI=1S/C25H24N4O2S/c1-28(2)20-15-13-19(14-16-20)26-23(30)17-22-24(31)29(21-11-7-4-8-12-21)25(32-22)27-18-9-5-3-6-10-18/h3-16,22H,17H2,1-2H3,(H,26,30)/t22-/m0/s1. The summed E-state index contributed by atoms with van der Waals surface area (Å²) in [5.41, 5.74) is 3.25. The first kappa shape index (κ1) is 21.6. The molecule has 1 heterocycles. The van der Waals surface area contributed by atoms with Crippen LogP contribution in [0.2, 0.25) is 0 Å². The lowest BCUT2D eigenvalue weighted by atomic mass is 10.2. The van der Waals surface area contributed by atoms with Gasteiger partial charge in [-0.3, -0.25) is 14.5 Å². The molecule has 1 fully saturated rings. The van der Waals surface area contributed by atoms with Gasteiger partial charge in [-0.05, 0) is 48.5 Å². The summed E-state index contributed by atoms with van der Waals surface area (Å²) < 4.78 is 0. The minimum Gasteiger partial charge on any atom is -0.378 e. The van der Waals surface area contributed by atoms with Gasteiger partial charge in [0.1, 0.15) is 5.25 Å². The summed E-state index contributed by atoms with van der Waals surface area (Å²) in [5.74, 6) is -0.351. The van der Waals surface area contributed by atoms with Gasteiger partial charge in [0.15, 0.2) is 5.17 Å². The van der Waals surface area contributed by atoms with Gasteiger partial charge in [-0.1, -0.05) is 48.2 Å². The molecule has 3 aromatic carbocycles. The van der Waals surface area contributed by atoms with E-state index in [0.717, 1.165) is 17.1 Å². The van der Waals surface area contributed by atoms with E-state index in [1.54, 1.807) is 4.90 Å². The zero-order chi connectivity index (χ0) is 22.5. The molecular weight excluding hydrogens is 420 g/mol. The van der Waals surface area contributed by atoms with Crippen LogP contribution in [0, 0.1) is 0 Å². The Labute approximate surface area is 192 Å². The molecule has 0 aliphatic carbocycles. The molecule has 1 aliphatic heterocycles. The Bertz CT molecular complexity index is 1120. The number of benzene rings is 3. The summed E-state index contributed by atoms with van der Waals surface area (Å²) in [6, 6.07) is 26.5. The number of carbonyl (C=O) groups is 2. The number of para-hydroxylation sites is 2. The van der Waals surface area contributed by atoms with E-state index in [0.29, 0.717) is 10.9 Å². The van der Waals surface area contributed by atoms with Gasteiger partial charge in [-0.2, -0.15) is 0 Å². The second-order valence-corrected chi connectivity index (χ2v) is 8.71. The number of amidine groups is 1. The number of hydrogen-bond acceptors (Lipinski definition) is 5. The molecule has 0 saturated carbocycles. The Morgan fingerprint density at radius 1 is 0.969 bits per heavy atom. The van der Waals surface area contributed by atoms with Crippen molar-refractivity contribution < 1.29 is 9.59 Å². The molecule has 0 radical (unpaired) electrons. The Kier molecular flexibility index (Phi) is 6.56. The van der Waals surface area contributed by atoms with Crippen molar-refractivity contribution in [2.75, 3.05) is 29.2 Å². The summed E-state index contributed by atoms with van der Waals surface area (Å²) in [6.45, 7) is 0. The van der Waals surface area contributed by atoms with Gasteiger partial charge in [0.25, 0.3) is 0 Å². The molecule has 32 heavy (non-hydrogen) atoms. The minimum atomic E-state index is -0.543. The largest absolute Gasteiger partial charge is 0.378 e. The fourth-order valence-electron chi connectivity index (χ4n) is 3.32. The van der Waals surface area contributed by atoms with E-state index in [1.165, 1.54) is 11.8 Å².